The summed E-state index contributed by atoms with van der Waals surface area (Å²) in [7, 11) is 1.64. The summed E-state index contributed by atoms with van der Waals surface area (Å²) >= 11 is 0. The number of nitrogens with zero attached hydrogens (tertiary/aromatic N) is 1. The van der Waals surface area contributed by atoms with Crippen molar-refractivity contribution in [2.45, 2.75) is 19.9 Å². The number of piperazine rings is 1. The van der Waals surface area contributed by atoms with Gasteiger partial charge in [-0.05, 0) is 17.7 Å². The Bertz CT molecular complexity index is 556. The number of hydrogen-bond donors (Lipinski definition) is 2. The highest BCUT2D eigenvalue weighted by atomic mass is 16.7. The number of aliphatic hydroxyl groups excluding tert-OH is 1. The molecule has 1 aromatic carbocycles. The largest absolute Gasteiger partial charge is 0.493 e. The molecule has 0 aromatic heterocycles. The maximum Gasteiger partial charge on any atom is 0.231 e. The van der Waals surface area contributed by atoms with E-state index in [0.29, 0.717) is 17.2 Å². The van der Waals surface area contributed by atoms with Crippen molar-refractivity contribution in [3.8, 4) is 17.2 Å². The van der Waals surface area contributed by atoms with Crippen LogP contribution >= 0.6 is 0 Å². The van der Waals surface area contributed by atoms with Gasteiger partial charge in [-0.2, -0.15) is 0 Å². The number of methoxy groups -OCH3 is 1. The van der Waals surface area contributed by atoms with Gasteiger partial charge in [-0.1, -0.05) is 13.8 Å². The van der Waals surface area contributed by atoms with Crippen LogP contribution in [-0.2, 0) is 0 Å². The highest BCUT2D eigenvalue weighted by molar-refractivity contribution is 5.55. The molecular weight excluding hydrogens is 296 g/mol. The first-order chi connectivity index (χ1) is 11.1. The Morgan fingerprint density at radius 1 is 1.30 bits per heavy atom. The van der Waals surface area contributed by atoms with E-state index in [4.69, 9.17) is 14.2 Å². The molecule has 0 aliphatic carbocycles. The highest BCUT2D eigenvalue weighted by Crippen LogP contribution is 2.47. The molecule has 0 bridgehead atoms. The zero-order valence-electron chi connectivity index (χ0n) is 14.1. The van der Waals surface area contributed by atoms with Crippen LogP contribution in [0.25, 0.3) is 0 Å². The fraction of sp³-hybridized carbons (Fsp3) is 0.647. The van der Waals surface area contributed by atoms with E-state index in [1.807, 2.05) is 12.1 Å². The minimum Gasteiger partial charge on any atom is -0.493 e. The Morgan fingerprint density at radius 2 is 2.04 bits per heavy atom. The maximum atomic E-state index is 9.95. The second-order valence-corrected chi connectivity index (χ2v) is 6.79. The monoisotopic (exact) mass is 322 g/mol. The van der Waals surface area contributed by atoms with Crippen LogP contribution in [0.5, 0.6) is 17.2 Å². The number of fused-ring (bicyclic) bond motifs is 1. The van der Waals surface area contributed by atoms with Gasteiger partial charge in [0.1, 0.15) is 0 Å². The molecule has 128 valence electrons. The van der Waals surface area contributed by atoms with Gasteiger partial charge in [-0.3, -0.25) is 4.90 Å². The third kappa shape index (κ3) is 3.11. The van der Waals surface area contributed by atoms with Gasteiger partial charge >= 0.3 is 0 Å². The second kappa shape index (κ2) is 6.55. The lowest BCUT2D eigenvalue weighted by molar-refractivity contribution is 0.0303. The van der Waals surface area contributed by atoms with E-state index in [-0.39, 0.29) is 24.9 Å². The van der Waals surface area contributed by atoms with E-state index in [1.165, 1.54) is 0 Å². The van der Waals surface area contributed by atoms with E-state index >= 15 is 0 Å². The first-order valence-electron chi connectivity index (χ1n) is 8.10. The van der Waals surface area contributed by atoms with E-state index < -0.39 is 0 Å². The average molecular weight is 322 g/mol. The van der Waals surface area contributed by atoms with Crippen LogP contribution in [0.4, 0.5) is 0 Å². The SMILES string of the molecule is COc1cc([C@H](N2CCNCC2)C(C)(C)CO)cc2c1OCO2. The smallest absolute Gasteiger partial charge is 0.231 e. The topological polar surface area (TPSA) is 63.2 Å². The molecule has 2 aliphatic rings. The summed E-state index contributed by atoms with van der Waals surface area (Å²) in [6, 6.07) is 4.12. The fourth-order valence-electron chi connectivity index (χ4n) is 3.49. The average Bonchev–Trinajstić information content (AvgIpc) is 3.03. The predicted octanol–water partition coefficient (Wildman–Crippen LogP) is 1.39. The molecule has 0 spiro atoms. The minimum absolute atomic E-state index is 0.0815. The Labute approximate surface area is 137 Å². The highest BCUT2D eigenvalue weighted by Gasteiger charge is 2.37. The summed E-state index contributed by atoms with van der Waals surface area (Å²) < 4.78 is 16.5. The van der Waals surface area contributed by atoms with Crippen molar-refractivity contribution in [2.24, 2.45) is 5.41 Å². The molecule has 2 heterocycles. The van der Waals surface area contributed by atoms with E-state index in [9.17, 15) is 5.11 Å². The molecule has 1 saturated heterocycles. The normalized spacial score (nSPS) is 19.7. The molecule has 6 nitrogen and oxygen atoms in total. The number of benzene rings is 1. The fourth-order valence-corrected chi connectivity index (χ4v) is 3.49. The number of aliphatic hydroxyl groups is 1. The van der Waals surface area contributed by atoms with E-state index in [1.54, 1.807) is 7.11 Å². The number of ether oxygens (including phenoxy) is 3. The molecule has 0 unspecified atom stereocenters. The van der Waals surface area contributed by atoms with Gasteiger partial charge in [-0.25, -0.2) is 0 Å². The van der Waals surface area contributed by atoms with Gasteiger partial charge in [0.2, 0.25) is 12.5 Å². The van der Waals surface area contributed by atoms with Gasteiger partial charge in [0.05, 0.1) is 7.11 Å². The van der Waals surface area contributed by atoms with Crippen LogP contribution in [-0.4, -0.2) is 56.7 Å². The van der Waals surface area contributed by atoms with Crippen LogP contribution in [0, 0.1) is 5.41 Å². The molecule has 2 N–H and O–H groups in total. The summed E-state index contributed by atoms with van der Waals surface area (Å²) in [5.74, 6) is 2.06. The first-order valence-corrected chi connectivity index (χ1v) is 8.10. The molecule has 0 saturated carbocycles. The molecule has 6 heteroatoms. The third-order valence-corrected chi connectivity index (χ3v) is 4.66. The van der Waals surface area contributed by atoms with E-state index in [2.05, 4.69) is 24.1 Å². The summed E-state index contributed by atoms with van der Waals surface area (Å²) in [5, 5.41) is 13.3. The van der Waals surface area contributed by atoms with Crippen LogP contribution in [0.2, 0.25) is 0 Å². The number of nitrogens with one attached hydrogen (secondary N) is 1. The van der Waals surface area contributed by atoms with Crippen LogP contribution in [0.1, 0.15) is 25.5 Å². The molecule has 0 amide bonds. The standard InChI is InChI=1S/C17H26N2O4/c1-17(2,10-20)16(19-6-4-18-5-7-19)12-8-13(21-3)15-14(9-12)22-11-23-15/h8-9,16,18,20H,4-7,10-11H2,1-3H3/t16-/m0/s1. The van der Waals surface area contributed by atoms with Crippen molar-refractivity contribution in [3.63, 3.8) is 0 Å². The number of hydrogen-bond acceptors (Lipinski definition) is 6. The summed E-state index contributed by atoms with van der Waals surface area (Å²) in [6.07, 6.45) is 0. The molecule has 3 rings (SSSR count). The quantitative estimate of drug-likeness (QED) is 0.854. The molecule has 1 fully saturated rings. The van der Waals surface area contributed by atoms with Crippen molar-refractivity contribution < 1.29 is 19.3 Å². The van der Waals surface area contributed by atoms with Crippen LogP contribution < -0.4 is 19.5 Å². The molecule has 1 atom stereocenters. The number of rotatable bonds is 5. The lowest BCUT2D eigenvalue weighted by Crippen LogP contribution is -2.49. The predicted molar refractivity (Wildman–Crippen MR) is 87.2 cm³/mol. The van der Waals surface area contributed by atoms with Gasteiger partial charge in [0, 0.05) is 44.2 Å². The summed E-state index contributed by atoms with van der Waals surface area (Å²) in [5.41, 5.74) is 0.808. The first kappa shape index (κ1) is 16.4. The van der Waals surface area contributed by atoms with Crippen LogP contribution in [0.15, 0.2) is 12.1 Å². The van der Waals surface area contributed by atoms with Crippen molar-refractivity contribution in [3.05, 3.63) is 17.7 Å². The Morgan fingerprint density at radius 3 is 2.70 bits per heavy atom. The van der Waals surface area contributed by atoms with E-state index in [0.717, 1.165) is 31.7 Å². The maximum absolute atomic E-state index is 9.95. The van der Waals surface area contributed by atoms with Crippen molar-refractivity contribution in [2.75, 3.05) is 46.7 Å². The lowest BCUT2D eigenvalue weighted by atomic mass is 9.79. The van der Waals surface area contributed by atoms with Crippen molar-refractivity contribution in [1.82, 2.24) is 10.2 Å². The van der Waals surface area contributed by atoms with Crippen LogP contribution in [0.3, 0.4) is 0 Å². The molecule has 0 radical (unpaired) electrons. The Hall–Kier alpha value is -1.50. The van der Waals surface area contributed by atoms with Gasteiger partial charge in [0.25, 0.3) is 0 Å². The van der Waals surface area contributed by atoms with Gasteiger partial charge < -0.3 is 24.6 Å². The Balaban J connectivity index is 2.02. The molecular formula is C17H26N2O4. The lowest BCUT2D eigenvalue weighted by Gasteiger charge is -2.43. The van der Waals surface area contributed by atoms with Crippen molar-refractivity contribution >= 4 is 0 Å². The molecule has 23 heavy (non-hydrogen) atoms. The zero-order valence-corrected chi connectivity index (χ0v) is 14.1. The zero-order chi connectivity index (χ0) is 16.4. The summed E-state index contributed by atoms with van der Waals surface area (Å²) in [6.45, 7) is 8.33. The second-order valence-electron chi connectivity index (χ2n) is 6.79. The van der Waals surface area contributed by atoms with Gasteiger partial charge in [-0.15, -0.1) is 0 Å². The minimum atomic E-state index is -0.282. The van der Waals surface area contributed by atoms with Gasteiger partial charge in [0.15, 0.2) is 11.5 Å². The summed E-state index contributed by atoms with van der Waals surface area (Å²) in [4.78, 5) is 2.42. The third-order valence-electron chi connectivity index (χ3n) is 4.66. The Kier molecular flexibility index (Phi) is 4.66. The molecule has 1 aromatic rings. The molecule has 2 aliphatic heterocycles. The van der Waals surface area contributed by atoms with Crippen molar-refractivity contribution in [1.29, 1.82) is 0 Å².